The van der Waals surface area contributed by atoms with Gasteiger partial charge in [-0.1, -0.05) is 29.8 Å². The Morgan fingerprint density at radius 3 is 2.90 bits per heavy atom. The number of ether oxygens (including phenoxy) is 1. The molecule has 1 saturated heterocycles. The Bertz CT molecular complexity index is 429. The molecular weight excluding hydrogens is 262 g/mol. The minimum atomic E-state index is -0.715. The number of aliphatic hydroxyl groups is 1. The van der Waals surface area contributed by atoms with Crippen LogP contribution in [0.25, 0.3) is 0 Å². The van der Waals surface area contributed by atoms with Crippen molar-refractivity contribution in [3.63, 3.8) is 0 Å². The number of aryl methyl sites for hydroxylation is 1. The average molecular weight is 291 g/mol. The van der Waals surface area contributed by atoms with E-state index in [9.17, 15) is 5.11 Å². The van der Waals surface area contributed by atoms with Gasteiger partial charge in [0.25, 0.3) is 0 Å². The fraction of sp³-hybridized carbons (Fsp3) is 0.667. The van der Waals surface area contributed by atoms with E-state index in [1.807, 2.05) is 0 Å². The predicted molar refractivity (Wildman–Crippen MR) is 86.4 cm³/mol. The standard InChI is InChI=1S/C18H29NO2/c1-15-7-5-8-16(13-15)18(20,10-3-4-12-21-2)17-9-6-11-19-14-17/h5,7-8,13,17,19-20H,3-4,6,9-12,14H2,1-2H3/t17-,18-/m1/s1. The summed E-state index contributed by atoms with van der Waals surface area (Å²) in [6, 6.07) is 8.37. The van der Waals surface area contributed by atoms with E-state index in [-0.39, 0.29) is 0 Å². The molecule has 1 aromatic carbocycles. The molecule has 118 valence electrons. The normalized spacial score (nSPS) is 22.0. The summed E-state index contributed by atoms with van der Waals surface area (Å²) in [6.07, 6.45) is 5.06. The van der Waals surface area contributed by atoms with Crippen molar-refractivity contribution in [3.05, 3.63) is 35.4 Å². The van der Waals surface area contributed by atoms with E-state index in [4.69, 9.17) is 4.74 Å². The molecule has 0 radical (unpaired) electrons. The van der Waals surface area contributed by atoms with Gasteiger partial charge in [0.1, 0.15) is 0 Å². The second-order valence-corrected chi connectivity index (χ2v) is 6.29. The maximum Gasteiger partial charge on any atom is 0.0936 e. The molecule has 0 bridgehead atoms. The van der Waals surface area contributed by atoms with Crippen LogP contribution in [0.5, 0.6) is 0 Å². The smallest absolute Gasteiger partial charge is 0.0936 e. The van der Waals surface area contributed by atoms with Crippen LogP contribution < -0.4 is 5.32 Å². The monoisotopic (exact) mass is 291 g/mol. The van der Waals surface area contributed by atoms with Gasteiger partial charge in [0.05, 0.1) is 5.60 Å². The van der Waals surface area contributed by atoms with Crippen LogP contribution in [0.1, 0.15) is 43.2 Å². The van der Waals surface area contributed by atoms with Gasteiger partial charge in [0, 0.05) is 26.2 Å². The van der Waals surface area contributed by atoms with Crippen LogP contribution >= 0.6 is 0 Å². The summed E-state index contributed by atoms with van der Waals surface area (Å²) in [6.45, 7) is 4.85. The topological polar surface area (TPSA) is 41.5 Å². The zero-order valence-electron chi connectivity index (χ0n) is 13.4. The number of benzene rings is 1. The van der Waals surface area contributed by atoms with E-state index in [0.29, 0.717) is 5.92 Å². The summed E-state index contributed by atoms with van der Waals surface area (Å²) < 4.78 is 5.13. The number of rotatable bonds is 7. The molecule has 3 nitrogen and oxygen atoms in total. The van der Waals surface area contributed by atoms with Gasteiger partial charge in [-0.25, -0.2) is 0 Å². The molecule has 1 heterocycles. The lowest BCUT2D eigenvalue weighted by atomic mass is 9.74. The highest BCUT2D eigenvalue weighted by molar-refractivity contribution is 5.28. The Labute approximate surface area is 128 Å². The first-order valence-electron chi connectivity index (χ1n) is 8.16. The lowest BCUT2D eigenvalue weighted by molar-refractivity contribution is -0.0434. The molecule has 0 unspecified atom stereocenters. The number of methoxy groups -OCH3 is 1. The minimum Gasteiger partial charge on any atom is -0.385 e. The fourth-order valence-electron chi connectivity index (χ4n) is 3.40. The van der Waals surface area contributed by atoms with Gasteiger partial charge >= 0.3 is 0 Å². The predicted octanol–water partition coefficient (Wildman–Crippen LogP) is 3.00. The van der Waals surface area contributed by atoms with Gasteiger partial charge in [-0.2, -0.15) is 0 Å². The molecule has 2 atom stereocenters. The van der Waals surface area contributed by atoms with Crippen LogP contribution in [0.2, 0.25) is 0 Å². The highest BCUT2D eigenvalue weighted by Gasteiger charge is 2.38. The molecule has 0 spiro atoms. The highest BCUT2D eigenvalue weighted by Crippen LogP contribution is 2.38. The molecule has 3 heteroatoms. The van der Waals surface area contributed by atoms with Gasteiger partial charge in [-0.05, 0) is 51.1 Å². The lowest BCUT2D eigenvalue weighted by Gasteiger charge is -2.39. The zero-order chi connectivity index (χ0) is 15.1. The molecule has 0 saturated carbocycles. The Kier molecular flexibility index (Phi) is 6.22. The van der Waals surface area contributed by atoms with Crippen LogP contribution in [-0.2, 0) is 10.3 Å². The lowest BCUT2D eigenvalue weighted by Crippen LogP contribution is -2.44. The van der Waals surface area contributed by atoms with Crippen LogP contribution in [0.4, 0.5) is 0 Å². The molecule has 1 aliphatic rings. The van der Waals surface area contributed by atoms with E-state index in [1.165, 1.54) is 5.56 Å². The van der Waals surface area contributed by atoms with Gasteiger partial charge in [0.2, 0.25) is 0 Å². The van der Waals surface area contributed by atoms with Crippen molar-refractivity contribution in [3.8, 4) is 0 Å². The Balaban J connectivity index is 2.15. The SMILES string of the molecule is COCCCC[C@@](O)(c1cccc(C)c1)[C@@H]1CCCNC1. The number of hydrogen-bond donors (Lipinski definition) is 2. The van der Waals surface area contributed by atoms with Crippen LogP contribution in [0.3, 0.4) is 0 Å². The summed E-state index contributed by atoms with van der Waals surface area (Å²) >= 11 is 0. The van der Waals surface area contributed by atoms with Crippen LogP contribution in [-0.4, -0.2) is 31.9 Å². The summed E-state index contributed by atoms with van der Waals surface area (Å²) in [5, 5.41) is 14.9. The first-order chi connectivity index (χ1) is 10.2. The second kappa shape index (κ2) is 7.92. The van der Waals surface area contributed by atoms with Gasteiger partial charge < -0.3 is 15.2 Å². The molecule has 2 N–H and O–H groups in total. The van der Waals surface area contributed by atoms with E-state index >= 15 is 0 Å². The Morgan fingerprint density at radius 1 is 1.38 bits per heavy atom. The third kappa shape index (κ3) is 4.29. The number of piperidine rings is 1. The molecule has 21 heavy (non-hydrogen) atoms. The molecule has 1 aliphatic heterocycles. The van der Waals surface area contributed by atoms with Crippen molar-refractivity contribution in [2.75, 3.05) is 26.8 Å². The zero-order valence-corrected chi connectivity index (χ0v) is 13.4. The maximum absolute atomic E-state index is 11.5. The van der Waals surface area contributed by atoms with Gasteiger partial charge in [-0.3, -0.25) is 0 Å². The third-order valence-corrected chi connectivity index (χ3v) is 4.65. The molecule has 0 amide bonds. The summed E-state index contributed by atoms with van der Waals surface area (Å²) in [4.78, 5) is 0. The van der Waals surface area contributed by atoms with E-state index < -0.39 is 5.60 Å². The van der Waals surface area contributed by atoms with Crippen molar-refractivity contribution < 1.29 is 9.84 Å². The fourth-order valence-corrected chi connectivity index (χ4v) is 3.40. The van der Waals surface area contributed by atoms with Crippen molar-refractivity contribution in [1.29, 1.82) is 0 Å². The quantitative estimate of drug-likeness (QED) is 0.759. The van der Waals surface area contributed by atoms with Crippen molar-refractivity contribution in [1.82, 2.24) is 5.32 Å². The Hall–Kier alpha value is -0.900. The van der Waals surface area contributed by atoms with E-state index in [2.05, 4.69) is 36.5 Å². The van der Waals surface area contributed by atoms with Crippen molar-refractivity contribution in [2.24, 2.45) is 5.92 Å². The van der Waals surface area contributed by atoms with Crippen molar-refractivity contribution >= 4 is 0 Å². The van der Waals surface area contributed by atoms with E-state index in [0.717, 1.165) is 57.4 Å². The molecular formula is C18H29NO2. The van der Waals surface area contributed by atoms with E-state index in [1.54, 1.807) is 7.11 Å². The third-order valence-electron chi connectivity index (χ3n) is 4.65. The Morgan fingerprint density at radius 2 is 2.24 bits per heavy atom. The van der Waals surface area contributed by atoms with Crippen molar-refractivity contribution in [2.45, 2.75) is 44.6 Å². The van der Waals surface area contributed by atoms with Gasteiger partial charge in [0.15, 0.2) is 0 Å². The summed E-state index contributed by atoms with van der Waals surface area (Å²) in [7, 11) is 1.73. The first kappa shape index (κ1) is 16.5. The number of unbranched alkanes of at least 4 members (excludes halogenated alkanes) is 1. The number of hydrogen-bond acceptors (Lipinski definition) is 3. The average Bonchev–Trinajstić information content (AvgIpc) is 2.52. The molecule has 1 aromatic rings. The highest BCUT2D eigenvalue weighted by atomic mass is 16.5. The van der Waals surface area contributed by atoms with Crippen LogP contribution in [0.15, 0.2) is 24.3 Å². The number of nitrogens with one attached hydrogen (secondary N) is 1. The summed E-state index contributed by atoms with van der Waals surface area (Å²) in [5.41, 5.74) is 1.58. The van der Waals surface area contributed by atoms with Crippen LogP contribution in [0, 0.1) is 12.8 Å². The molecule has 0 aliphatic carbocycles. The maximum atomic E-state index is 11.5. The first-order valence-corrected chi connectivity index (χ1v) is 8.16. The molecule has 2 rings (SSSR count). The molecule has 1 fully saturated rings. The minimum absolute atomic E-state index is 0.301. The second-order valence-electron chi connectivity index (χ2n) is 6.29. The van der Waals surface area contributed by atoms with Gasteiger partial charge in [-0.15, -0.1) is 0 Å². The largest absolute Gasteiger partial charge is 0.385 e. The summed E-state index contributed by atoms with van der Waals surface area (Å²) in [5.74, 6) is 0.301. The molecule has 0 aromatic heterocycles.